The lowest BCUT2D eigenvalue weighted by Crippen LogP contribution is -2.60. The third-order valence-electron chi connectivity index (χ3n) is 6.24. The third kappa shape index (κ3) is 8.28. The third-order valence-corrected chi connectivity index (χ3v) is 8.16. The Morgan fingerprint density at radius 2 is 1.45 bits per heavy atom. The van der Waals surface area contributed by atoms with Crippen LogP contribution in [0.3, 0.4) is 0 Å². The number of aromatic nitrogens is 1. The fraction of sp³-hybridized carbons (Fsp3) is 0.269. The topological polar surface area (TPSA) is 138 Å². The fourth-order valence-electron chi connectivity index (χ4n) is 4.24. The Hall–Kier alpha value is -4.58. The van der Waals surface area contributed by atoms with Crippen LogP contribution in [0.5, 0.6) is 11.5 Å². The number of piperazine rings is 1. The number of pyridine rings is 1. The number of halogens is 6. The smallest absolute Gasteiger partial charge is 0.478 e. The number of carboxylic acid groups (broad SMARTS) is 1. The molecule has 1 aliphatic heterocycles. The van der Waals surface area contributed by atoms with Gasteiger partial charge in [-0.05, 0) is 54.1 Å². The van der Waals surface area contributed by atoms with Crippen molar-refractivity contribution >= 4 is 27.7 Å². The van der Waals surface area contributed by atoms with E-state index in [1.807, 2.05) is 0 Å². The van der Waals surface area contributed by atoms with Gasteiger partial charge in [-0.15, -0.1) is 26.3 Å². The number of nitrogens with zero attached hydrogens (tertiary/aromatic N) is 3. The van der Waals surface area contributed by atoms with E-state index in [0.29, 0.717) is 5.56 Å². The van der Waals surface area contributed by atoms with E-state index in [1.54, 1.807) is 4.90 Å². The van der Waals surface area contributed by atoms with E-state index in [-0.39, 0.29) is 37.6 Å². The predicted octanol–water partition coefficient (Wildman–Crippen LogP) is 3.77. The van der Waals surface area contributed by atoms with Crippen LogP contribution >= 0.6 is 0 Å². The zero-order valence-electron chi connectivity index (χ0n) is 22.2. The molecule has 0 spiro atoms. The Morgan fingerprint density at radius 1 is 0.886 bits per heavy atom. The largest absolute Gasteiger partial charge is 0.573 e. The Balaban J connectivity index is 1.56. The Bertz CT molecular complexity index is 1580. The van der Waals surface area contributed by atoms with Gasteiger partial charge in [-0.3, -0.25) is 4.79 Å². The van der Waals surface area contributed by atoms with Gasteiger partial charge in [0.2, 0.25) is 15.9 Å². The highest BCUT2D eigenvalue weighted by atomic mass is 32.2. The monoisotopic (exact) mass is 648 g/mol. The highest BCUT2D eigenvalue weighted by Crippen LogP contribution is 2.28. The molecule has 3 aromatic rings. The molecular formula is C26H22F6N4O7S. The highest BCUT2D eigenvalue weighted by molar-refractivity contribution is 7.89. The lowest BCUT2D eigenvalue weighted by Gasteiger charge is -2.40. The molecule has 1 aliphatic rings. The van der Waals surface area contributed by atoms with E-state index in [9.17, 15) is 44.3 Å². The SMILES string of the molecule is O=C(O)c1ccc(N2CCN(S(=O)(=O)c3ccc(OC(F)(F)F)cc3)C(C(=O)NCc3ccc(OC(F)(F)F)cc3)C2)nc1. The highest BCUT2D eigenvalue weighted by Gasteiger charge is 2.41. The van der Waals surface area contributed by atoms with E-state index in [4.69, 9.17) is 5.11 Å². The van der Waals surface area contributed by atoms with Gasteiger partial charge in [-0.25, -0.2) is 18.2 Å². The van der Waals surface area contributed by atoms with Crippen LogP contribution in [0.1, 0.15) is 15.9 Å². The van der Waals surface area contributed by atoms with Gasteiger partial charge in [-0.2, -0.15) is 4.31 Å². The summed E-state index contributed by atoms with van der Waals surface area (Å²) < 4.78 is 111. The molecular weight excluding hydrogens is 626 g/mol. The number of carboxylic acids is 1. The number of amides is 1. The average molecular weight is 649 g/mol. The van der Waals surface area contributed by atoms with Gasteiger partial charge in [0.15, 0.2) is 0 Å². The van der Waals surface area contributed by atoms with Crippen molar-refractivity contribution in [2.24, 2.45) is 0 Å². The Labute approximate surface area is 245 Å². The number of benzene rings is 2. The molecule has 11 nitrogen and oxygen atoms in total. The number of hydrogen-bond donors (Lipinski definition) is 2. The van der Waals surface area contributed by atoms with Crippen molar-refractivity contribution in [3.8, 4) is 11.5 Å². The predicted molar refractivity (Wildman–Crippen MR) is 139 cm³/mol. The summed E-state index contributed by atoms with van der Waals surface area (Å²) in [7, 11) is -4.46. The number of sulfonamides is 1. The van der Waals surface area contributed by atoms with Gasteiger partial charge in [-0.1, -0.05) is 12.1 Å². The molecule has 1 unspecified atom stereocenters. The van der Waals surface area contributed by atoms with Crippen LogP contribution in [0, 0.1) is 0 Å². The molecule has 0 radical (unpaired) electrons. The second-order valence-electron chi connectivity index (χ2n) is 9.22. The van der Waals surface area contributed by atoms with Crippen molar-refractivity contribution in [2.45, 2.75) is 30.2 Å². The van der Waals surface area contributed by atoms with E-state index < -0.39 is 57.1 Å². The number of carbonyl (C=O) groups excluding carboxylic acids is 1. The van der Waals surface area contributed by atoms with Gasteiger partial charge >= 0.3 is 18.7 Å². The second kappa shape index (κ2) is 12.6. The Kier molecular flexibility index (Phi) is 9.24. The van der Waals surface area contributed by atoms with Crippen molar-refractivity contribution in [1.82, 2.24) is 14.6 Å². The van der Waals surface area contributed by atoms with Gasteiger partial charge in [0.05, 0.1) is 10.5 Å². The number of hydrogen-bond acceptors (Lipinski definition) is 8. The maximum atomic E-state index is 13.6. The van der Waals surface area contributed by atoms with Gasteiger partial charge in [0, 0.05) is 32.4 Å². The summed E-state index contributed by atoms with van der Waals surface area (Å²) in [6.07, 6.45) is -8.80. The molecule has 1 saturated heterocycles. The summed E-state index contributed by atoms with van der Waals surface area (Å²) >= 11 is 0. The van der Waals surface area contributed by atoms with E-state index >= 15 is 0 Å². The lowest BCUT2D eigenvalue weighted by atomic mass is 10.1. The molecule has 0 bridgehead atoms. The molecule has 44 heavy (non-hydrogen) atoms. The summed E-state index contributed by atoms with van der Waals surface area (Å²) in [5.74, 6) is -2.91. The molecule has 1 atom stereocenters. The van der Waals surface area contributed by atoms with Crippen LogP contribution in [0.25, 0.3) is 0 Å². The van der Waals surface area contributed by atoms with Gasteiger partial charge in [0.1, 0.15) is 23.4 Å². The second-order valence-corrected chi connectivity index (χ2v) is 11.1. The molecule has 1 amide bonds. The minimum Gasteiger partial charge on any atom is -0.478 e. The first kappa shape index (κ1) is 32.3. The first-order valence-electron chi connectivity index (χ1n) is 12.5. The number of rotatable bonds is 9. The molecule has 0 saturated carbocycles. The maximum Gasteiger partial charge on any atom is 0.573 e. The van der Waals surface area contributed by atoms with Crippen molar-refractivity contribution in [3.63, 3.8) is 0 Å². The molecule has 0 aliphatic carbocycles. The zero-order chi connectivity index (χ0) is 32.3. The minimum atomic E-state index is -5.00. The Morgan fingerprint density at radius 3 is 1.95 bits per heavy atom. The van der Waals surface area contributed by atoms with Crippen LogP contribution in [0.15, 0.2) is 71.8 Å². The lowest BCUT2D eigenvalue weighted by molar-refractivity contribution is -0.275. The summed E-state index contributed by atoms with van der Waals surface area (Å²) in [5.41, 5.74) is 0.259. The molecule has 2 N–H and O–H groups in total. The molecule has 1 aromatic heterocycles. The molecule has 2 heterocycles. The molecule has 2 aromatic carbocycles. The maximum absolute atomic E-state index is 13.6. The number of carbonyl (C=O) groups is 2. The number of nitrogens with one attached hydrogen (secondary N) is 1. The summed E-state index contributed by atoms with van der Waals surface area (Å²) in [5, 5.41) is 11.7. The standard InChI is InChI=1S/C26H22F6N4O7S/c27-25(28,29)42-18-4-1-16(2-5-18)13-34-23(37)21-15-35(22-10-3-17(14-33-22)24(38)39)11-12-36(21)44(40,41)20-8-6-19(7-9-20)43-26(30,31)32/h1-10,14,21H,11-13,15H2,(H,34,37)(H,38,39). The minimum absolute atomic E-state index is 0.0123. The van der Waals surface area contributed by atoms with E-state index in [2.05, 4.69) is 19.8 Å². The first-order valence-corrected chi connectivity index (χ1v) is 13.9. The number of ether oxygens (including phenoxy) is 2. The summed E-state index contributed by atoms with van der Waals surface area (Å²) in [4.78, 5) is 29.8. The summed E-state index contributed by atoms with van der Waals surface area (Å²) in [6, 6.07) is 9.27. The van der Waals surface area contributed by atoms with Gasteiger partial charge < -0.3 is 24.8 Å². The van der Waals surface area contributed by atoms with Crippen LogP contribution in [0.2, 0.25) is 0 Å². The fourth-order valence-corrected chi connectivity index (χ4v) is 5.81. The molecule has 1 fully saturated rings. The number of alkyl halides is 6. The van der Waals surface area contributed by atoms with E-state index in [1.165, 1.54) is 24.3 Å². The first-order chi connectivity index (χ1) is 20.5. The quantitative estimate of drug-likeness (QED) is 0.332. The number of aromatic carboxylic acids is 1. The van der Waals surface area contributed by atoms with E-state index in [0.717, 1.165) is 46.9 Å². The van der Waals surface area contributed by atoms with Crippen LogP contribution < -0.4 is 19.7 Å². The van der Waals surface area contributed by atoms with Crippen LogP contribution in [-0.2, 0) is 21.4 Å². The average Bonchev–Trinajstić information content (AvgIpc) is 2.95. The van der Waals surface area contributed by atoms with Crippen molar-refractivity contribution in [1.29, 1.82) is 0 Å². The van der Waals surface area contributed by atoms with Crippen molar-refractivity contribution < 1.29 is 58.9 Å². The summed E-state index contributed by atoms with van der Waals surface area (Å²) in [6.45, 7) is -0.714. The van der Waals surface area contributed by atoms with Crippen LogP contribution in [-0.4, -0.2) is 73.1 Å². The normalized spacial score (nSPS) is 16.3. The van der Waals surface area contributed by atoms with Crippen LogP contribution in [0.4, 0.5) is 32.2 Å². The molecule has 18 heteroatoms. The zero-order valence-corrected chi connectivity index (χ0v) is 23.0. The van der Waals surface area contributed by atoms with Crippen molar-refractivity contribution in [2.75, 3.05) is 24.5 Å². The molecule has 236 valence electrons. The van der Waals surface area contributed by atoms with Gasteiger partial charge in [0.25, 0.3) is 0 Å². The van der Waals surface area contributed by atoms with Crippen molar-refractivity contribution in [3.05, 3.63) is 78.0 Å². The molecule has 4 rings (SSSR count). The number of anilines is 1.